The van der Waals surface area contributed by atoms with Crippen LogP contribution in [0.25, 0.3) is 0 Å². The summed E-state index contributed by atoms with van der Waals surface area (Å²) >= 11 is 0. The number of nitrogens with one attached hydrogen (secondary N) is 2. The Morgan fingerprint density at radius 1 is 1.26 bits per heavy atom. The summed E-state index contributed by atoms with van der Waals surface area (Å²) in [7, 11) is 2.16. The van der Waals surface area contributed by atoms with E-state index in [-0.39, 0.29) is 47.6 Å². The highest BCUT2D eigenvalue weighted by Gasteiger charge is 2.44. The van der Waals surface area contributed by atoms with Crippen molar-refractivity contribution in [3.63, 3.8) is 0 Å². The van der Waals surface area contributed by atoms with Crippen LogP contribution < -0.4 is 16.3 Å². The van der Waals surface area contributed by atoms with Gasteiger partial charge in [0, 0.05) is 57.1 Å². The number of carbonyl (C=O) groups is 1. The number of rotatable bonds is 6. The zero-order valence-electron chi connectivity index (χ0n) is 18.6. The van der Waals surface area contributed by atoms with Gasteiger partial charge >= 0.3 is 5.63 Å². The second-order valence-electron chi connectivity index (χ2n) is 9.30. The number of piperazine rings is 1. The molecule has 1 saturated carbocycles. The highest BCUT2D eigenvalue weighted by atomic mass is 35.5. The Morgan fingerprint density at radius 2 is 1.97 bits per heavy atom. The van der Waals surface area contributed by atoms with Crippen LogP contribution in [0.15, 0.2) is 15.3 Å². The zero-order chi connectivity index (χ0) is 20.4. The van der Waals surface area contributed by atoms with Crippen molar-refractivity contribution in [1.82, 2.24) is 20.4 Å². The lowest BCUT2D eigenvalue weighted by Gasteiger charge is -2.34. The lowest BCUT2D eigenvalue weighted by molar-refractivity contribution is 0.0922. The number of likely N-dealkylation sites (N-methyl/N-ethyl adjacent to an activating group) is 1. The van der Waals surface area contributed by atoms with Crippen LogP contribution in [0.4, 0.5) is 0 Å². The molecule has 7 nitrogen and oxygen atoms in total. The van der Waals surface area contributed by atoms with Crippen LogP contribution in [0.5, 0.6) is 0 Å². The van der Waals surface area contributed by atoms with E-state index < -0.39 is 5.63 Å². The molecule has 1 amide bonds. The first-order valence-electron chi connectivity index (χ1n) is 11.0. The molecule has 1 aliphatic carbocycles. The van der Waals surface area contributed by atoms with E-state index in [9.17, 15) is 9.59 Å². The van der Waals surface area contributed by atoms with Crippen LogP contribution in [-0.4, -0.2) is 75.1 Å². The molecule has 3 aliphatic rings. The molecule has 31 heavy (non-hydrogen) atoms. The van der Waals surface area contributed by atoms with Gasteiger partial charge in [0.05, 0.1) is 0 Å². The van der Waals surface area contributed by atoms with Crippen LogP contribution in [0, 0.1) is 12.3 Å². The van der Waals surface area contributed by atoms with Crippen molar-refractivity contribution in [3.05, 3.63) is 33.4 Å². The quantitative estimate of drug-likeness (QED) is 0.656. The molecule has 2 saturated heterocycles. The molecule has 1 aromatic rings. The molecule has 2 aliphatic heterocycles. The van der Waals surface area contributed by atoms with Gasteiger partial charge in [-0.3, -0.25) is 4.79 Å². The smallest absolute Gasteiger partial charge is 0.349 e. The molecule has 1 unspecified atom stereocenters. The maximum atomic E-state index is 12.8. The van der Waals surface area contributed by atoms with Crippen LogP contribution >= 0.6 is 24.8 Å². The predicted molar refractivity (Wildman–Crippen MR) is 127 cm³/mol. The summed E-state index contributed by atoms with van der Waals surface area (Å²) in [5, 5.41) is 6.37. The second kappa shape index (κ2) is 11.1. The number of piperidine rings is 1. The fraction of sp³-hybridized carbons (Fsp3) is 0.727. The Hall–Kier alpha value is -1.12. The Balaban J connectivity index is 0.00000171. The first kappa shape index (κ1) is 26.1. The van der Waals surface area contributed by atoms with Gasteiger partial charge in [-0.05, 0) is 57.8 Å². The van der Waals surface area contributed by atoms with E-state index in [1.807, 2.05) is 13.0 Å². The van der Waals surface area contributed by atoms with Gasteiger partial charge < -0.3 is 24.9 Å². The van der Waals surface area contributed by atoms with Crippen LogP contribution in [0.3, 0.4) is 0 Å². The van der Waals surface area contributed by atoms with E-state index >= 15 is 0 Å². The SMILES string of the molecule is Cc1cc(C2CCCNC2)oc(=O)c1C(=O)NCC1(CN2CCN(C)CC2)CC1.Cl.Cl. The Morgan fingerprint density at radius 3 is 2.55 bits per heavy atom. The molecule has 2 N–H and O–H groups in total. The van der Waals surface area contributed by atoms with E-state index in [1.54, 1.807) is 0 Å². The van der Waals surface area contributed by atoms with E-state index in [4.69, 9.17) is 4.42 Å². The van der Waals surface area contributed by atoms with E-state index in [2.05, 4.69) is 27.5 Å². The summed E-state index contributed by atoms with van der Waals surface area (Å²) in [5.41, 5.74) is 0.538. The fourth-order valence-electron chi connectivity index (χ4n) is 4.61. The summed E-state index contributed by atoms with van der Waals surface area (Å²) in [5.74, 6) is 0.616. The molecule has 1 atom stereocenters. The van der Waals surface area contributed by atoms with E-state index in [1.165, 1.54) is 0 Å². The minimum atomic E-state index is -0.507. The lowest BCUT2D eigenvalue weighted by Crippen LogP contribution is -2.48. The van der Waals surface area contributed by atoms with Crippen molar-refractivity contribution < 1.29 is 9.21 Å². The fourth-order valence-corrected chi connectivity index (χ4v) is 4.61. The minimum Gasteiger partial charge on any atom is -0.427 e. The third-order valence-electron chi connectivity index (χ3n) is 6.83. The Labute approximate surface area is 197 Å². The number of carbonyl (C=O) groups excluding carboxylic acids is 1. The van der Waals surface area contributed by atoms with Gasteiger partial charge in [0.15, 0.2) is 0 Å². The van der Waals surface area contributed by atoms with Gasteiger partial charge in [-0.1, -0.05) is 0 Å². The Bertz CT molecular complexity index is 798. The third kappa shape index (κ3) is 6.45. The molecular weight excluding hydrogens is 439 g/mol. The van der Waals surface area contributed by atoms with E-state index in [0.29, 0.717) is 17.9 Å². The molecule has 3 fully saturated rings. The van der Waals surface area contributed by atoms with Crippen LogP contribution in [0.2, 0.25) is 0 Å². The van der Waals surface area contributed by atoms with Crippen molar-refractivity contribution in [2.75, 3.05) is 59.4 Å². The lowest BCUT2D eigenvalue weighted by atomic mass is 9.95. The van der Waals surface area contributed by atoms with Gasteiger partial charge in [0.1, 0.15) is 11.3 Å². The predicted octanol–water partition coefficient (Wildman–Crippen LogP) is 2.02. The highest BCUT2D eigenvalue weighted by Crippen LogP contribution is 2.45. The molecule has 0 spiro atoms. The largest absolute Gasteiger partial charge is 0.427 e. The third-order valence-corrected chi connectivity index (χ3v) is 6.83. The topological polar surface area (TPSA) is 77.8 Å². The first-order valence-corrected chi connectivity index (χ1v) is 11.0. The minimum absolute atomic E-state index is 0. The maximum absolute atomic E-state index is 12.8. The zero-order valence-corrected chi connectivity index (χ0v) is 20.2. The van der Waals surface area contributed by atoms with Crippen molar-refractivity contribution >= 4 is 30.7 Å². The summed E-state index contributed by atoms with van der Waals surface area (Å²) in [6.45, 7) is 9.71. The van der Waals surface area contributed by atoms with Crippen molar-refractivity contribution in [1.29, 1.82) is 0 Å². The number of aryl methyl sites for hydroxylation is 1. The average molecular weight is 475 g/mol. The molecular formula is C22H36Cl2N4O3. The van der Waals surface area contributed by atoms with Gasteiger partial charge in [-0.15, -0.1) is 24.8 Å². The number of amides is 1. The molecule has 0 bridgehead atoms. The molecule has 4 rings (SSSR count). The van der Waals surface area contributed by atoms with Gasteiger partial charge in [0.25, 0.3) is 5.91 Å². The van der Waals surface area contributed by atoms with Crippen molar-refractivity contribution in [2.45, 2.75) is 38.5 Å². The van der Waals surface area contributed by atoms with E-state index in [0.717, 1.165) is 71.5 Å². The summed E-state index contributed by atoms with van der Waals surface area (Å²) in [4.78, 5) is 30.2. The highest BCUT2D eigenvalue weighted by molar-refractivity contribution is 5.95. The summed E-state index contributed by atoms with van der Waals surface area (Å²) in [6, 6.07) is 1.88. The van der Waals surface area contributed by atoms with Gasteiger partial charge in [0.2, 0.25) is 0 Å². The van der Waals surface area contributed by atoms with Crippen molar-refractivity contribution in [3.8, 4) is 0 Å². The molecule has 1 aromatic heterocycles. The summed E-state index contributed by atoms with van der Waals surface area (Å²) < 4.78 is 5.56. The Kier molecular flexibility index (Phi) is 9.40. The number of hydrogen-bond acceptors (Lipinski definition) is 6. The molecule has 3 heterocycles. The van der Waals surface area contributed by atoms with Gasteiger partial charge in [-0.25, -0.2) is 4.79 Å². The normalized spacial score (nSPS) is 23.4. The standard InChI is InChI=1S/C22H34N4O3.2ClH/c1-16-12-18(17-4-3-7-23-13-17)29-21(28)19(16)20(27)24-14-22(5-6-22)15-26-10-8-25(2)9-11-26;;/h12,17,23H,3-11,13-15H2,1-2H3,(H,24,27);2*1H. The number of halogens is 2. The average Bonchev–Trinajstić information content (AvgIpc) is 3.48. The maximum Gasteiger partial charge on any atom is 0.349 e. The van der Waals surface area contributed by atoms with Crippen LogP contribution in [-0.2, 0) is 0 Å². The molecule has 0 radical (unpaired) electrons. The second-order valence-corrected chi connectivity index (χ2v) is 9.30. The number of hydrogen-bond donors (Lipinski definition) is 2. The number of nitrogens with zero attached hydrogens (tertiary/aromatic N) is 2. The molecule has 176 valence electrons. The molecule has 0 aromatic carbocycles. The molecule has 9 heteroatoms. The van der Waals surface area contributed by atoms with Crippen LogP contribution in [0.1, 0.15) is 53.3 Å². The van der Waals surface area contributed by atoms with Crippen molar-refractivity contribution in [2.24, 2.45) is 5.41 Å². The first-order chi connectivity index (χ1) is 14.0. The monoisotopic (exact) mass is 474 g/mol. The van der Waals surface area contributed by atoms with Gasteiger partial charge in [-0.2, -0.15) is 0 Å². The summed E-state index contributed by atoms with van der Waals surface area (Å²) in [6.07, 6.45) is 4.36.